The fourth-order valence-electron chi connectivity index (χ4n) is 6.20. The zero-order valence-corrected chi connectivity index (χ0v) is 17.3. The Bertz CT molecular complexity index is 918. The highest BCUT2D eigenvalue weighted by Gasteiger charge is 2.67. The molecular formula is C24H30N2O2. The van der Waals surface area contributed by atoms with Gasteiger partial charge in [0.25, 0.3) is 0 Å². The summed E-state index contributed by atoms with van der Waals surface area (Å²) in [6.45, 7) is 12.0. The molecular weight excluding hydrogens is 348 g/mol. The minimum Gasteiger partial charge on any atom is -0.508 e. The van der Waals surface area contributed by atoms with Gasteiger partial charge in [0.2, 0.25) is 0 Å². The van der Waals surface area contributed by atoms with Crippen molar-refractivity contribution in [3.05, 3.63) is 42.0 Å². The molecule has 2 aromatic rings. The Morgan fingerprint density at radius 3 is 1.96 bits per heavy atom. The number of carbonyl (C=O) groups excluding carboxylic acids is 1. The Labute approximate surface area is 167 Å². The molecule has 0 aliphatic carbocycles. The number of carbonyl (C=O) groups is 1. The molecule has 4 fully saturated rings. The number of hydrogen-bond acceptors (Lipinski definition) is 4. The van der Waals surface area contributed by atoms with Crippen molar-refractivity contribution in [2.75, 3.05) is 26.2 Å². The second-order valence-corrected chi connectivity index (χ2v) is 9.85. The Hall–Kier alpha value is -1.91. The third-order valence-corrected chi connectivity index (χ3v) is 7.95. The zero-order valence-electron chi connectivity index (χ0n) is 17.3. The lowest BCUT2D eigenvalue weighted by Crippen LogP contribution is -2.78. The van der Waals surface area contributed by atoms with Gasteiger partial charge in [-0.15, -0.1) is 0 Å². The van der Waals surface area contributed by atoms with E-state index < -0.39 is 0 Å². The second-order valence-electron chi connectivity index (χ2n) is 9.85. The lowest BCUT2D eigenvalue weighted by atomic mass is 9.53. The van der Waals surface area contributed by atoms with Gasteiger partial charge in [0, 0.05) is 31.7 Å². The van der Waals surface area contributed by atoms with Crippen molar-refractivity contribution in [1.82, 2.24) is 9.80 Å². The van der Waals surface area contributed by atoms with E-state index in [1.54, 1.807) is 0 Å². The minimum absolute atomic E-state index is 0.0398. The quantitative estimate of drug-likeness (QED) is 0.875. The Morgan fingerprint density at radius 1 is 0.893 bits per heavy atom. The van der Waals surface area contributed by atoms with Gasteiger partial charge in [0.05, 0.1) is 17.0 Å². The molecule has 148 valence electrons. The highest BCUT2D eigenvalue weighted by molar-refractivity contribution is 5.94. The number of benzene rings is 2. The number of phenols is 1. The number of hydrogen-bond donors (Lipinski definition) is 1. The number of nitrogens with zero attached hydrogens (tertiary/aromatic N) is 2. The molecule has 4 heterocycles. The zero-order chi connectivity index (χ0) is 19.8. The summed E-state index contributed by atoms with van der Waals surface area (Å²) in [5.41, 5.74) is 0.414. The molecule has 0 radical (unpaired) electrons. The summed E-state index contributed by atoms with van der Waals surface area (Å²) < 4.78 is 0. The fraction of sp³-hybridized carbons (Fsp3) is 0.542. The number of Topliss-reactive ketones (excluding diaryl/α,β-unsaturated/α-hetero) is 1. The van der Waals surface area contributed by atoms with Crippen LogP contribution in [0, 0.1) is 22.7 Å². The van der Waals surface area contributed by atoms with Crippen LogP contribution in [0.25, 0.3) is 10.8 Å². The summed E-state index contributed by atoms with van der Waals surface area (Å²) in [7, 11) is 0. The summed E-state index contributed by atoms with van der Waals surface area (Å²) in [5, 5.41) is 13.1. The molecule has 4 heteroatoms. The van der Waals surface area contributed by atoms with Crippen LogP contribution in [0.5, 0.6) is 5.75 Å². The van der Waals surface area contributed by atoms with Gasteiger partial charge in [-0.2, -0.15) is 0 Å². The molecule has 0 amide bonds. The van der Waals surface area contributed by atoms with Crippen LogP contribution < -0.4 is 0 Å². The van der Waals surface area contributed by atoms with Gasteiger partial charge in [0.15, 0.2) is 5.78 Å². The van der Waals surface area contributed by atoms with Gasteiger partial charge in [-0.05, 0) is 28.7 Å². The van der Waals surface area contributed by atoms with Crippen molar-refractivity contribution in [2.24, 2.45) is 22.7 Å². The van der Waals surface area contributed by atoms with Crippen LogP contribution in [0.4, 0.5) is 0 Å². The van der Waals surface area contributed by atoms with Crippen LogP contribution in [0.1, 0.15) is 39.4 Å². The van der Waals surface area contributed by atoms with Crippen molar-refractivity contribution in [1.29, 1.82) is 0 Å². The van der Waals surface area contributed by atoms with Crippen molar-refractivity contribution >= 4 is 16.6 Å². The average Bonchev–Trinajstić information content (AvgIpc) is 2.65. The SMILES string of the molecule is CC(C)C12CN3CC(C(C)C)(CN(C1)C3c1c(O)ccc3ccccc13)C2=O. The minimum atomic E-state index is -0.294. The Balaban J connectivity index is 1.68. The third-order valence-electron chi connectivity index (χ3n) is 7.95. The molecule has 0 saturated carbocycles. The molecule has 0 unspecified atom stereocenters. The first kappa shape index (κ1) is 18.1. The molecule has 4 aliphatic heterocycles. The van der Waals surface area contributed by atoms with E-state index in [0.717, 1.165) is 42.5 Å². The number of rotatable bonds is 3. The second kappa shape index (κ2) is 5.80. The molecule has 4 nitrogen and oxygen atoms in total. The molecule has 4 bridgehead atoms. The average molecular weight is 379 g/mol. The highest BCUT2D eigenvalue weighted by Crippen LogP contribution is 2.58. The third kappa shape index (κ3) is 2.11. The monoisotopic (exact) mass is 378 g/mol. The summed E-state index contributed by atoms with van der Waals surface area (Å²) in [4.78, 5) is 18.7. The Kier molecular flexibility index (Phi) is 3.76. The molecule has 4 saturated heterocycles. The number of aromatic hydroxyl groups is 1. The van der Waals surface area contributed by atoms with E-state index >= 15 is 0 Å². The van der Waals surface area contributed by atoms with Crippen LogP contribution in [-0.4, -0.2) is 46.9 Å². The van der Waals surface area contributed by atoms with Gasteiger partial charge in [-0.3, -0.25) is 14.6 Å². The standard InChI is InChI=1S/C24H30N2O2/c1-15(2)23-11-25-13-24(16(3)4,22(23)28)14-26(12-23)21(25)20-18-8-6-5-7-17(18)9-10-19(20)27/h5-10,15-16,21,27H,11-14H2,1-4H3. The molecule has 6 rings (SSSR count). The van der Waals surface area contributed by atoms with Crippen molar-refractivity contribution < 1.29 is 9.90 Å². The largest absolute Gasteiger partial charge is 0.508 e. The summed E-state index contributed by atoms with van der Waals surface area (Å²) >= 11 is 0. The normalized spacial score (nSPS) is 36.8. The van der Waals surface area contributed by atoms with E-state index in [9.17, 15) is 9.90 Å². The van der Waals surface area contributed by atoms with Gasteiger partial charge < -0.3 is 5.11 Å². The van der Waals surface area contributed by atoms with Gasteiger partial charge in [-0.1, -0.05) is 58.0 Å². The van der Waals surface area contributed by atoms with E-state index in [-0.39, 0.29) is 17.0 Å². The first-order valence-electron chi connectivity index (χ1n) is 10.5. The summed E-state index contributed by atoms with van der Waals surface area (Å²) in [5.74, 6) is 1.47. The topological polar surface area (TPSA) is 43.8 Å². The Morgan fingerprint density at radius 2 is 1.43 bits per heavy atom. The molecule has 1 N–H and O–H groups in total. The smallest absolute Gasteiger partial charge is 0.150 e. The van der Waals surface area contributed by atoms with E-state index in [2.05, 4.69) is 49.6 Å². The van der Waals surface area contributed by atoms with E-state index in [1.807, 2.05) is 24.3 Å². The number of phenolic OH excluding ortho intramolecular Hbond substituents is 1. The highest BCUT2D eigenvalue weighted by atomic mass is 16.3. The molecule has 0 spiro atoms. The molecule has 2 aromatic carbocycles. The van der Waals surface area contributed by atoms with E-state index in [4.69, 9.17) is 0 Å². The maximum absolute atomic E-state index is 13.7. The van der Waals surface area contributed by atoms with Crippen molar-refractivity contribution in [2.45, 2.75) is 33.9 Å². The number of piperidine rings is 2. The van der Waals surface area contributed by atoms with Crippen LogP contribution in [0.3, 0.4) is 0 Å². The summed E-state index contributed by atoms with van der Waals surface area (Å²) in [6, 6.07) is 12.1. The van der Waals surface area contributed by atoms with Crippen LogP contribution in [-0.2, 0) is 4.79 Å². The first-order chi connectivity index (χ1) is 13.3. The van der Waals surface area contributed by atoms with Crippen LogP contribution in [0.2, 0.25) is 0 Å². The van der Waals surface area contributed by atoms with E-state index in [0.29, 0.717) is 23.4 Å². The predicted octanol–water partition coefficient (Wildman–Crippen LogP) is 4.04. The lowest BCUT2D eigenvalue weighted by molar-refractivity contribution is -0.217. The first-order valence-corrected chi connectivity index (χ1v) is 10.5. The molecule has 28 heavy (non-hydrogen) atoms. The van der Waals surface area contributed by atoms with E-state index in [1.165, 1.54) is 0 Å². The maximum Gasteiger partial charge on any atom is 0.150 e. The summed E-state index contributed by atoms with van der Waals surface area (Å²) in [6.07, 6.45) is 0.0398. The van der Waals surface area contributed by atoms with Crippen molar-refractivity contribution in [3.8, 4) is 5.75 Å². The number of ketones is 1. The molecule has 0 aromatic heterocycles. The lowest BCUT2D eigenvalue weighted by Gasteiger charge is -2.68. The van der Waals surface area contributed by atoms with Gasteiger partial charge in [-0.25, -0.2) is 0 Å². The maximum atomic E-state index is 13.7. The van der Waals surface area contributed by atoms with Crippen LogP contribution in [0.15, 0.2) is 36.4 Å². The van der Waals surface area contributed by atoms with Crippen molar-refractivity contribution in [3.63, 3.8) is 0 Å². The fourth-order valence-corrected chi connectivity index (χ4v) is 6.20. The van der Waals surface area contributed by atoms with Crippen LogP contribution >= 0.6 is 0 Å². The molecule has 0 atom stereocenters. The predicted molar refractivity (Wildman–Crippen MR) is 111 cm³/mol. The number of fused-ring (bicyclic) bond motifs is 1. The van der Waals surface area contributed by atoms with Gasteiger partial charge in [0.1, 0.15) is 5.75 Å². The molecule has 4 aliphatic rings. The van der Waals surface area contributed by atoms with Gasteiger partial charge >= 0.3 is 0 Å².